The van der Waals surface area contributed by atoms with E-state index in [0.29, 0.717) is 12.8 Å². The monoisotopic (exact) mass is 374 g/mol. The highest BCUT2D eigenvalue weighted by Crippen LogP contribution is 2.02. The minimum absolute atomic E-state index is 0.147. The summed E-state index contributed by atoms with van der Waals surface area (Å²) in [4.78, 5) is 33.2. The molecule has 0 spiro atoms. The van der Waals surface area contributed by atoms with E-state index in [-0.39, 0.29) is 5.91 Å². The number of primary amides is 1. The predicted molar refractivity (Wildman–Crippen MR) is 101 cm³/mol. The number of hydrogen-bond donors (Lipinski definition) is 2. The maximum Gasteiger partial charge on any atom is 0.339 e. The van der Waals surface area contributed by atoms with Crippen LogP contribution in [-0.2, 0) is 20.7 Å². The van der Waals surface area contributed by atoms with Gasteiger partial charge < -0.3 is 15.8 Å². The number of nitrogens with two attached hydrogens (primary N) is 1. The molecule has 1 aromatic carbocycles. The first-order valence-electron chi connectivity index (χ1n) is 8.48. The molecule has 0 radical (unpaired) electrons. The average molecular weight is 374 g/mol. The van der Waals surface area contributed by atoms with E-state index in [2.05, 4.69) is 15.2 Å². The summed E-state index contributed by atoms with van der Waals surface area (Å²) in [6.07, 6.45) is 1.03. The number of nitrogens with one attached hydrogen (secondary N) is 1. The van der Waals surface area contributed by atoms with Crippen LogP contribution in [0.3, 0.4) is 0 Å². The van der Waals surface area contributed by atoms with E-state index in [4.69, 9.17) is 5.73 Å². The van der Waals surface area contributed by atoms with Gasteiger partial charge in [-0.15, -0.1) is 0 Å². The first kappa shape index (κ1) is 21.9. The fourth-order valence-electron chi connectivity index (χ4n) is 2.30. The van der Waals surface area contributed by atoms with Gasteiger partial charge in [0.1, 0.15) is 6.04 Å². The summed E-state index contributed by atoms with van der Waals surface area (Å²) >= 11 is 0. The first-order chi connectivity index (χ1) is 12.7. The Morgan fingerprint density at radius 3 is 2.30 bits per heavy atom. The van der Waals surface area contributed by atoms with Crippen LogP contribution in [0.2, 0.25) is 0 Å². The number of amides is 2. The van der Waals surface area contributed by atoms with Gasteiger partial charge in [0.05, 0.1) is 12.8 Å². The number of aryl methyl sites for hydroxylation is 3. The minimum atomic E-state index is -0.594. The molecule has 0 bridgehead atoms. The van der Waals surface area contributed by atoms with E-state index in [0.717, 1.165) is 17.0 Å². The van der Waals surface area contributed by atoms with E-state index >= 15 is 0 Å². The van der Waals surface area contributed by atoms with Crippen LogP contribution in [0.4, 0.5) is 4.79 Å². The van der Waals surface area contributed by atoms with Crippen LogP contribution in [0.5, 0.6) is 0 Å². The summed E-state index contributed by atoms with van der Waals surface area (Å²) in [6, 6.07) is 10.4. The van der Waals surface area contributed by atoms with Crippen molar-refractivity contribution in [2.24, 2.45) is 5.73 Å². The van der Waals surface area contributed by atoms with Gasteiger partial charge in [0.25, 0.3) is 0 Å². The summed E-state index contributed by atoms with van der Waals surface area (Å²) in [5.41, 5.74) is 7.67. The van der Waals surface area contributed by atoms with Crippen LogP contribution in [-0.4, -0.2) is 40.8 Å². The molecule has 0 aliphatic carbocycles. The van der Waals surface area contributed by atoms with Gasteiger partial charge in [-0.2, -0.15) is 9.78 Å². The minimum Gasteiger partial charge on any atom is -0.467 e. The number of aromatic nitrogens is 2. The van der Waals surface area contributed by atoms with Crippen LogP contribution in [0, 0.1) is 13.8 Å². The number of ether oxygens (including phenoxy) is 1. The van der Waals surface area contributed by atoms with Crippen molar-refractivity contribution >= 4 is 17.9 Å². The van der Waals surface area contributed by atoms with E-state index in [9.17, 15) is 14.4 Å². The van der Waals surface area contributed by atoms with Gasteiger partial charge in [-0.25, -0.2) is 9.59 Å². The first-order valence-corrected chi connectivity index (χ1v) is 8.48. The van der Waals surface area contributed by atoms with Crippen LogP contribution in [0.1, 0.15) is 30.3 Å². The molecule has 2 rings (SSSR count). The lowest BCUT2D eigenvalue weighted by Crippen LogP contribution is -2.39. The molecule has 3 N–H and O–H groups in total. The molecule has 1 unspecified atom stereocenters. The van der Waals surface area contributed by atoms with Gasteiger partial charge in [0.15, 0.2) is 0 Å². The van der Waals surface area contributed by atoms with E-state index < -0.39 is 18.0 Å². The Labute approximate surface area is 158 Å². The number of methoxy groups -OCH3 is 1. The molecule has 2 aromatic rings. The van der Waals surface area contributed by atoms with Crippen LogP contribution in [0.25, 0.3) is 0 Å². The van der Waals surface area contributed by atoms with Gasteiger partial charge in [-0.3, -0.25) is 4.79 Å². The van der Waals surface area contributed by atoms with Crippen molar-refractivity contribution in [3.63, 3.8) is 0 Å². The molecular formula is C19H26N4O4. The zero-order valence-electron chi connectivity index (χ0n) is 16.1. The molecule has 27 heavy (non-hydrogen) atoms. The molecule has 1 atom stereocenters. The van der Waals surface area contributed by atoms with Crippen molar-refractivity contribution in [3.8, 4) is 0 Å². The molecular weight excluding hydrogens is 348 g/mol. The Kier molecular flexibility index (Phi) is 8.71. The fourth-order valence-corrected chi connectivity index (χ4v) is 2.30. The maximum atomic E-state index is 11.5. The van der Waals surface area contributed by atoms with Crippen LogP contribution < -0.4 is 11.1 Å². The normalized spacial score (nSPS) is 11.0. The van der Waals surface area contributed by atoms with Crippen molar-refractivity contribution in [1.82, 2.24) is 15.1 Å². The summed E-state index contributed by atoms with van der Waals surface area (Å²) in [7, 11) is 1.30. The number of hydrogen-bond acceptors (Lipinski definition) is 5. The molecule has 1 heterocycles. The molecule has 0 saturated heterocycles. The lowest BCUT2D eigenvalue weighted by Gasteiger charge is -2.11. The lowest BCUT2D eigenvalue weighted by atomic mass is 10.1. The van der Waals surface area contributed by atoms with Crippen molar-refractivity contribution in [2.75, 3.05) is 7.11 Å². The van der Waals surface area contributed by atoms with Crippen molar-refractivity contribution in [3.05, 3.63) is 53.3 Å². The lowest BCUT2D eigenvalue weighted by molar-refractivity contribution is -0.144. The van der Waals surface area contributed by atoms with E-state index in [1.807, 2.05) is 37.3 Å². The Balaban J connectivity index is 0.000000309. The third kappa shape index (κ3) is 7.72. The maximum absolute atomic E-state index is 11.5. The van der Waals surface area contributed by atoms with Gasteiger partial charge in [0.2, 0.25) is 5.91 Å². The second-order valence-electron chi connectivity index (χ2n) is 5.98. The summed E-state index contributed by atoms with van der Waals surface area (Å²) in [5, 5.41) is 6.44. The van der Waals surface area contributed by atoms with Crippen molar-refractivity contribution in [2.45, 2.75) is 39.7 Å². The molecule has 0 aliphatic rings. The number of carbonyl (C=O) groups is 3. The largest absolute Gasteiger partial charge is 0.467 e. The molecule has 8 nitrogen and oxygen atoms in total. The third-order valence-electron chi connectivity index (χ3n) is 3.63. The number of rotatable bonds is 5. The topological polar surface area (TPSA) is 116 Å². The second kappa shape index (κ2) is 10.7. The van der Waals surface area contributed by atoms with Gasteiger partial charge >= 0.3 is 12.0 Å². The smallest absolute Gasteiger partial charge is 0.339 e. The standard InChI is InChI=1S/C13H17NO3.C6H9N3O/c1-10(13(16)17-2)14-12(15)9-8-11-6-4-3-5-7-11;1-4-3-5(2)9(8-4)6(7)10/h3-7,10H,8-9H2,1-2H3,(H,14,15);3H,1-2H3,(H2,7,10). The molecule has 146 valence electrons. The van der Waals surface area contributed by atoms with Gasteiger partial charge in [-0.1, -0.05) is 30.3 Å². The quantitative estimate of drug-likeness (QED) is 0.773. The van der Waals surface area contributed by atoms with Crippen LogP contribution in [0.15, 0.2) is 36.4 Å². The van der Waals surface area contributed by atoms with E-state index in [1.165, 1.54) is 11.8 Å². The fraction of sp³-hybridized carbons (Fsp3) is 0.368. The molecule has 1 aromatic heterocycles. The second-order valence-corrected chi connectivity index (χ2v) is 5.98. The van der Waals surface area contributed by atoms with Crippen molar-refractivity contribution in [1.29, 1.82) is 0 Å². The summed E-state index contributed by atoms with van der Waals surface area (Å²) in [6.45, 7) is 5.20. The molecule has 0 saturated carbocycles. The SMILES string of the molecule is COC(=O)C(C)NC(=O)CCc1ccccc1.Cc1cc(C)n(C(N)=O)n1. The Bertz CT molecular complexity index is 771. The molecule has 2 amide bonds. The zero-order valence-corrected chi connectivity index (χ0v) is 16.1. The highest BCUT2D eigenvalue weighted by Gasteiger charge is 2.15. The van der Waals surface area contributed by atoms with Crippen LogP contribution >= 0.6 is 0 Å². The molecule has 8 heteroatoms. The van der Waals surface area contributed by atoms with Crippen molar-refractivity contribution < 1.29 is 19.1 Å². The Hall–Kier alpha value is -3.16. The highest BCUT2D eigenvalue weighted by molar-refractivity contribution is 5.84. The third-order valence-corrected chi connectivity index (χ3v) is 3.63. The highest BCUT2D eigenvalue weighted by atomic mass is 16.5. The Morgan fingerprint density at radius 2 is 1.85 bits per heavy atom. The summed E-state index contributed by atoms with van der Waals surface area (Å²) < 4.78 is 5.70. The van der Waals surface area contributed by atoms with E-state index in [1.54, 1.807) is 19.9 Å². The zero-order chi connectivity index (χ0) is 20.4. The molecule has 0 fully saturated rings. The predicted octanol–water partition coefficient (Wildman–Crippen LogP) is 1.72. The van der Waals surface area contributed by atoms with Gasteiger partial charge in [0, 0.05) is 12.1 Å². The number of nitrogens with zero attached hydrogens (tertiary/aromatic N) is 2. The number of benzene rings is 1. The number of esters is 1. The molecule has 0 aliphatic heterocycles. The Morgan fingerprint density at radius 1 is 1.22 bits per heavy atom. The van der Waals surface area contributed by atoms with Gasteiger partial charge in [-0.05, 0) is 38.8 Å². The average Bonchev–Trinajstić information content (AvgIpc) is 2.99. The number of carbonyl (C=O) groups excluding carboxylic acids is 3. The summed E-state index contributed by atoms with van der Waals surface area (Å²) in [5.74, 6) is -0.579.